The number of nitrogens with zero attached hydrogens (tertiary/aromatic N) is 2. The first-order valence-corrected chi connectivity index (χ1v) is 7.68. The summed E-state index contributed by atoms with van der Waals surface area (Å²) in [4.78, 5) is 4.20. The number of thioether (sulfide) groups is 1. The van der Waals surface area contributed by atoms with Crippen molar-refractivity contribution in [1.82, 2.24) is 9.36 Å². The third-order valence-corrected chi connectivity index (χ3v) is 6.13. The Morgan fingerprint density at radius 2 is 2.29 bits per heavy atom. The molecule has 1 aromatic rings. The highest BCUT2D eigenvalue weighted by Gasteiger charge is 2.32. The van der Waals surface area contributed by atoms with Crippen LogP contribution in [0.1, 0.15) is 25.7 Å². The van der Waals surface area contributed by atoms with Gasteiger partial charge in [-0.3, -0.25) is 0 Å². The largest absolute Gasteiger partial charge is 0.216 e. The van der Waals surface area contributed by atoms with Crippen LogP contribution in [0.2, 0.25) is 0 Å². The molecule has 1 aliphatic rings. The first-order valence-electron chi connectivity index (χ1n) is 4.80. The highest BCUT2D eigenvalue weighted by atomic mass is 79.9. The number of hydrogen-bond acceptors (Lipinski definition) is 4. The maximum Gasteiger partial charge on any atom is 0.169 e. The summed E-state index contributed by atoms with van der Waals surface area (Å²) in [7, 11) is 0. The number of aromatic nitrogens is 2. The average molecular weight is 293 g/mol. The molecule has 0 aromatic carbocycles. The van der Waals surface area contributed by atoms with Crippen LogP contribution in [0.25, 0.3) is 0 Å². The Morgan fingerprint density at radius 3 is 2.86 bits per heavy atom. The molecule has 0 spiro atoms. The van der Waals surface area contributed by atoms with Crippen molar-refractivity contribution in [2.24, 2.45) is 5.41 Å². The molecule has 1 heterocycles. The van der Waals surface area contributed by atoms with Crippen molar-refractivity contribution in [3.63, 3.8) is 0 Å². The Balaban J connectivity index is 1.89. The second-order valence-corrected chi connectivity index (χ2v) is 6.40. The molecule has 1 fully saturated rings. The molecule has 0 amide bonds. The fourth-order valence-corrected chi connectivity index (χ4v) is 4.64. The fourth-order valence-electron chi connectivity index (χ4n) is 1.88. The van der Waals surface area contributed by atoms with Gasteiger partial charge in [0.05, 0.1) is 0 Å². The Labute approximate surface area is 101 Å². The van der Waals surface area contributed by atoms with E-state index in [9.17, 15) is 0 Å². The molecule has 1 aliphatic carbocycles. The lowest BCUT2D eigenvalue weighted by atomic mass is 9.92. The van der Waals surface area contributed by atoms with Gasteiger partial charge >= 0.3 is 0 Å². The monoisotopic (exact) mass is 292 g/mol. The van der Waals surface area contributed by atoms with Crippen molar-refractivity contribution >= 4 is 39.2 Å². The van der Waals surface area contributed by atoms with Gasteiger partial charge in [0.1, 0.15) is 6.33 Å². The third-order valence-electron chi connectivity index (χ3n) is 2.79. The van der Waals surface area contributed by atoms with Crippen LogP contribution in [0.4, 0.5) is 0 Å². The SMILES string of the molecule is BrCC1(CSc2ncns2)CCCC1. The molecule has 0 atom stereocenters. The topological polar surface area (TPSA) is 25.8 Å². The Bertz CT molecular complexity index is 270. The summed E-state index contributed by atoms with van der Waals surface area (Å²) in [6.45, 7) is 0. The van der Waals surface area contributed by atoms with Gasteiger partial charge in [0, 0.05) is 11.1 Å². The molecular weight excluding hydrogens is 280 g/mol. The predicted octanol–water partition coefficient (Wildman–Crippen LogP) is 3.59. The molecule has 0 bridgehead atoms. The van der Waals surface area contributed by atoms with Crippen LogP contribution in [0.5, 0.6) is 0 Å². The standard InChI is InChI=1S/C9H13BrN2S2/c10-5-9(3-1-2-4-9)6-13-8-11-7-12-14-8/h7H,1-6H2. The van der Waals surface area contributed by atoms with E-state index in [4.69, 9.17) is 0 Å². The number of alkyl halides is 1. The summed E-state index contributed by atoms with van der Waals surface area (Å²) in [5, 5.41) is 1.13. The van der Waals surface area contributed by atoms with Gasteiger partial charge in [-0.1, -0.05) is 40.5 Å². The molecule has 1 aromatic heterocycles. The van der Waals surface area contributed by atoms with E-state index < -0.39 is 0 Å². The summed E-state index contributed by atoms with van der Waals surface area (Å²) >= 11 is 7.02. The molecule has 0 radical (unpaired) electrons. The first-order chi connectivity index (χ1) is 6.85. The maximum atomic E-state index is 4.20. The summed E-state index contributed by atoms with van der Waals surface area (Å²) in [6.07, 6.45) is 7.15. The number of rotatable bonds is 4. The van der Waals surface area contributed by atoms with Crippen molar-refractivity contribution < 1.29 is 0 Å². The van der Waals surface area contributed by atoms with Crippen LogP contribution in [-0.2, 0) is 0 Å². The van der Waals surface area contributed by atoms with Crippen LogP contribution in [0, 0.1) is 5.41 Å². The lowest BCUT2D eigenvalue weighted by Gasteiger charge is -2.25. The van der Waals surface area contributed by atoms with E-state index in [-0.39, 0.29) is 0 Å². The summed E-state index contributed by atoms with van der Waals surface area (Å²) < 4.78 is 5.12. The molecule has 1 saturated carbocycles. The van der Waals surface area contributed by atoms with Crippen molar-refractivity contribution in [1.29, 1.82) is 0 Å². The van der Waals surface area contributed by atoms with E-state index in [2.05, 4.69) is 25.3 Å². The van der Waals surface area contributed by atoms with Gasteiger partial charge in [0.2, 0.25) is 0 Å². The van der Waals surface area contributed by atoms with E-state index in [1.54, 1.807) is 6.33 Å². The summed E-state index contributed by atoms with van der Waals surface area (Å²) in [6, 6.07) is 0. The Kier molecular flexibility index (Phi) is 3.85. The van der Waals surface area contributed by atoms with Crippen molar-refractivity contribution in [2.75, 3.05) is 11.1 Å². The van der Waals surface area contributed by atoms with Gasteiger partial charge in [0.25, 0.3) is 0 Å². The van der Waals surface area contributed by atoms with Gasteiger partial charge in [-0.05, 0) is 29.8 Å². The van der Waals surface area contributed by atoms with Gasteiger partial charge in [-0.25, -0.2) is 4.98 Å². The van der Waals surface area contributed by atoms with E-state index in [0.29, 0.717) is 5.41 Å². The molecule has 0 unspecified atom stereocenters. The smallest absolute Gasteiger partial charge is 0.169 e. The minimum atomic E-state index is 0.524. The summed E-state index contributed by atoms with van der Waals surface area (Å²) in [5.74, 6) is 1.19. The third kappa shape index (κ3) is 2.49. The Morgan fingerprint density at radius 1 is 1.50 bits per heavy atom. The Hall–Kier alpha value is 0.390. The molecule has 14 heavy (non-hydrogen) atoms. The minimum Gasteiger partial charge on any atom is -0.216 e. The number of halogens is 1. The van der Waals surface area contributed by atoms with Crippen LogP contribution in [0.15, 0.2) is 10.7 Å². The zero-order valence-corrected chi connectivity index (χ0v) is 11.1. The highest BCUT2D eigenvalue weighted by molar-refractivity contribution is 9.09. The highest BCUT2D eigenvalue weighted by Crippen LogP contribution is 2.43. The van der Waals surface area contributed by atoms with Crippen molar-refractivity contribution in [3.05, 3.63) is 6.33 Å². The number of hydrogen-bond donors (Lipinski definition) is 0. The zero-order chi connectivity index (χ0) is 9.86. The van der Waals surface area contributed by atoms with Gasteiger partial charge in [0.15, 0.2) is 4.34 Å². The molecular formula is C9H13BrN2S2. The quantitative estimate of drug-likeness (QED) is 0.627. The lowest BCUT2D eigenvalue weighted by Crippen LogP contribution is -2.21. The maximum absolute atomic E-state index is 4.20. The molecule has 5 heteroatoms. The van der Waals surface area contributed by atoms with Crippen LogP contribution >= 0.6 is 39.2 Å². The minimum absolute atomic E-state index is 0.524. The molecule has 2 nitrogen and oxygen atoms in total. The molecule has 78 valence electrons. The van der Waals surface area contributed by atoms with E-state index in [1.807, 2.05) is 11.8 Å². The fraction of sp³-hybridized carbons (Fsp3) is 0.778. The molecule has 0 aliphatic heterocycles. The normalized spacial score (nSPS) is 20.1. The van der Waals surface area contributed by atoms with Gasteiger partial charge in [-0.15, -0.1) is 0 Å². The predicted molar refractivity (Wildman–Crippen MR) is 65.3 cm³/mol. The van der Waals surface area contributed by atoms with Crippen molar-refractivity contribution in [3.8, 4) is 0 Å². The second-order valence-electron chi connectivity index (χ2n) is 3.84. The molecule has 0 saturated heterocycles. The molecule has 0 N–H and O–H groups in total. The van der Waals surface area contributed by atoms with Crippen LogP contribution in [0.3, 0.4) is 0 Å². The van der Waals surface area contributed by atoms with Crippen molar-refractivity contribution in [2.45, 2.75) is 30.0 Å². The van der Waals surface area contributed by atoms with Crippen LogP contribution < -0.4 is 0 Å². The first kappa shape index (κ1) is 10.9. The van der Waals surface area contributed by atoms with E-state index >= 15 is 0 Å². The molecule has 2 rings (SSSR count). The van der Waals surface area contributed by atoms with E-state index in [1.165, 1.54) is 43.0 Å². The second kappa shape index (κ2) is 4.94. The van der Waals surface area contributed by atoms with Gasteiger partial charge in [-0.2, -0.15) is 4.37 Å². The average Bonchev–Trinajstić information content (AvgIpc) is 2.87. The summed E-state index contributed by atoms with van der Waals surface area (Å²) in [5.41, 5.74) is 0.524. The lowest BCUT2D eigenvalue weighted by molar-refractivity contribution is 0.405. The van der Waals surface area contributed by atoms with Crippen LogP contribution in [-0.4, -0.2) is 20.4 Å². The van der Waals surface area contributed by atoms with Gasteiger partial charge < -0.3 is 0 Å². The van der Waals surface area contributed by atoms with E-state index in [0.717, 1.165) is 9.67 Å². The zero-order valence-electron chi connectivity index (χ0n) is 7.91.